The smallest absolute Gasteiger partial charge is 0.283 e. The molecule has 2 heterocycles. The van der Waals surface area contributed by atoms with Gasteiger partial charge in [0.1, 0.15) is 17.3 Å². The van der Waals surface area contributed by atoms with Gasteiger partial charge >= 0.3 is 0 Å². The summed E-state index contributed by atoms with van der Waals surface area (Å²) in [6.45, 7) is 4.16. The van der Waals surface area contributed by atoms with Gasteiger partial charge in [-0.05, 0) is 46.9 Å². The van der Waals surface area contributed by atoms with E-state index in [2.05, 4.69) is 46.9 Å². The minimum absolute atomic E-state index is 0.0232. The fourth-order valence-corrected chi connectivity index (χ4v) is 4.34. The zero-order valence-electron chi connectivity index (χ0n) is 15.2. The largest absolute Gasteiger partial charge is 0.354 e. The van der Waals surface area contributed by atoms with Gasteiger partial charge in [-0.1, -0.05) is 41.9 Å². The minimum atomic E-state index is -0.443. The van der Waals surface area contributed by atoms with Crippen molar-refractivity contribution >= 4 is 51.7 Å². The molecule has 2 amide bonds. The number of halogens is 2. The van der Waals surface area contributed by atoms with Crippen LogP contribution in [0.1, 0.15) is 5.56 Å². The fraction of sp³-hybridized carbons (Fsp3) is 0.238. The van der Waals surface area contributed by atoms with Crippen molar-refractivity contribution < 1.29 is 14.5 Å². The van der Waals surface area contributed by atoms with Crippen molar-refractivity contribution in [3.63, 3.8) is 0 Å². The van der Waals surface area contributed by atoms with E-state index < -0.39 is 5.91 Å². The number of imide groups is 1. The SMILES string of the molecule is O=C1C(Cl)=C(N2CC[NH+](Cc3ccccc3)CC2)C(=O)N1c1ccc(I)cc1. The highest BCUT2D eigenvalue weighted by atomic mass is 127. The summed E-state index contributed by atoms with van der Waals surface area (Å²) in [5.41, 5.74) is 2.20. The Morgan fingerprint density at radius 3 is 2.21 bits per heavy atom. The summed E-state index contributed by atoms with van der Waals surface area (Å²) in [4.78, 5) is 30.2. The molecule has 0 radical (unpaired) electrons. The molecule has 0 spiro atoms. The molecule has 1 fully saturated rings. The second-order valence-electron chi connectivity index (χ2n) is 6.98. The van der Waals surface area contributed by atoms with Crippen LogP contribution in [0.2, 0.25) is 0 Å². The summed E-state index contributed by atoms with van der Waals surface area (Å²) < 4.78 is 1.04. The first-order valence-electron chi connectivity index (χ1n) is 9.21. The molecule has 1 N–H and O–H groups in total. The number of carbonyl (C=O) groups is 2. The van der Waals surface area contributed by atoms with Crippen molar-refractivity contribution in [2.45, 2.75) is 6.54 Å². The van der Waals surface area contributed by atoms with E-state index in [1.165, 1.54) is 15.4 Å². The second-order valence-corrected chi connectivity index (χ2v) is 8.61. The number of amides is 2. The number of rotatable bonds is 4. The molecule has 2 aliphatic heterocycles. The van der Waals surface area contributed by atoms with Crippen molar-refractivity contribution in [2.75, 3.05) is 31.1 Å². The summed E-state index contributed by atoms with van der Waals surface area (Å²) in [6.07, 6.45) is 0. The lowest BCUT2D eigenvalue weighted by Crippen LogP contribution is -3.13. The molecule has 2 aliphatic rings. The fourth-order valence-electron chi connectivity index (χ4n) is 3.70. The number of hydrogen-bond acceptors (Lipinski definition) is 3. The molecule has 28 heavy (non-hydrogen) atoms. The van der Waals surface area contributed by atoms with Crippen LogP contribution in [0, 0.1) is 3.57 Å². The van der Waals surface area contributed by atoms with E-state index in [1.807, 2.05) is 23.1 Å². The summed E-state index contributed by atoms with van der Waals surface area (Å²) in [7, 11) is 0. The van der Waals surface area contributed by atoms with Crippen LogP contribution in [0.5, 0.6) is 0 Å². The van der Waals surface area contributed by atoms with E-state index in [-0.39, 0.29) is 10.9 Å². The molecule has 1 saturated heterocycles. The average Bonchev–Trinajstić information content (AvgIpc) is 2.93. The van der Waals surface area contributed by atoms with Crippen LogP contribution >= 0.6 is 34.2 Å². The van der Waals surface area contributed by atoms with Gasteiger partial charge < -0.3 is 9.80 Å². The van der Waals surface area contributed by atoms with Crippen molar-refractivity contribution in [3.05, 3.63) is 74.5 Å². The third-order valence-electron chi connectivity index (χ3n) is 5.17. The first kappa shape index (κ1) is 19.4. The van der Waals surface area contributed by atoms with Gasteiger partial charge in [0.2, 0.25) is 0 Å². The Balaban J connectivity index is 1.45. The zero-order chi connectivity index (χ0) is 19.7. The monoisotopic (exact) mass is 508 g/mol. The number of nitrogens with one attached hydrogen (secondary N) is 1. The maximum Gasteiger partial charge on any atom is 0.283 e. The Bertz CT molecular complexity index is 922. The average molecular weight is 509 g/mol. The van der Waals surface area contributed by atoms with Crippen molar-refractivity contribution in [2.24, 2.45) is 0 Å². The Kier molecular flexibility index (Phi) is 5.70. The molecule has 2 aromatic carbocycles. The van der Waals surface area contributed by atoms with E-state index in [1.54, 1.807) is 12.1 Å². The van der Waals surface area contributed by atoms with Crippen molar-refractivity contribution in [1.82, 2.24) is 4.90 Å². The van der Waals surface area contributed by atoms with Gasteiger partial charge in [0.05, 0.1) is 31.9 Å². The molecule has 144 valence electrons. The molecule has 0 saturated carbocycles. The number of hydrogen-bond donors (Lipinski definition) is 1. The highest BCUT2D eigenvalue weighted by Gasteiger charge is 2.42. The molecule has 4 rings (SSSR count). The van der Waals surface area contributed by atoms with Crippen molar-refractivity contribution in [1.29, 1.82) is 0 Å². The standard InChI is InChI=1S/C21H19ClIN3O2/c22-18-19(21(28)26(20(18)27)17-8-6-16(23)7-9-17)25-12-10-24(11-13-25)14-15-4-2-1-3-5-15/h1-9H,10-14H2/p+1. The predicted octanol–water partition coefficient (Wildman–Crippen LogP) is 2.02. The third kappa shape index (κ3) is 3.81. The van der Waals surface area contributed by atoms with Gasteiger partial charge in [0.15, 0.2) is 0 Å². The number of carbonyl (C=O) groups excluding carboxylic acids is 2. The minimum Gasteiger partial charge on any atom is -0.354 e. The quantitative estimate of drug-likeness (QED) is 0.508. The Hall–Kier alpha value is -1.90. The van der Waals surface area contributed by atoms with Crippen LogP contribution in [0.25, 0.3) is 0 Å². The van der Waals surface area contributed by atoms with Crippen LogP contribution in [0.4, 0.5) is 5.69 Å². The highest BCUT2D eigenvalue weighted by Crippen LogP contribution is 2.31. The number of benzene rings is 2. The molecule has 0 atom stereocenters. The molecule has 0 bridgehead atoms. The Labute approximate surface area is 182 Å². The van der Waals surface area contributed by atoms with E-state index in [0.717, 1.165) is 23.2 Å². The molecular weight excluding hydrogens is 489 g/mol. The van der Waals surface area contributed by atoms with E-state index >= 15 is 0 Å². The van der Waals surface area contributed by atoms with Crippen LogP contribution in [0.15, 0.2) is 65.3 Å². The topological polar surface area (TPSA) is 45.1 Å². The summed E-state index contributed by atoms with van der Waals surface area (Å²) in [6, 6.07) is 17.7. The third-order valence-corrected chi connectivity index (χ3v) is 6.23. The van der Waals surface area contributed by atoms with Gasteiger partial charge in [0.25, 0.3) is 11.8 Å². The predicted molar refractivity (Wildman–Crippen MR) is 117 cm³/mol. The summed E-state index contributed by atoms with van der Waals surface area (Å²) >= 11 is 8.50. The van der Waals surface area contributed by atoms with Gasteiger partial charge in [0, 0.05) is 9.13 Å². The second kappa shape index (κ2) is 8.23. The lowest BCUT2D eigenvalue weighted by Gasteiger charge is -2.33. The maximum atomic E-state index is 13.0. The van der Waals surface area contributed by atoms with Crippen LogP contribution in [0.3, 0.4) is 0 Å². The summed E-state index contributed by atoms with van der Waals surface area (Å²) in [5, 5.41) is 0.0232. The van der Waals surface area contributed by atoms with E-state index in [0.29, 0.717) is 24.5 Å². The lowest BCUT2D eigenvalue weighted by atomic mass is 10.2. The van der Waals surface area contributed by atoms with Gasteiger partial charge in [-0.2, -0.15) is 0 Å². The lowest BCUT2D eigenvalue weighted by molar-refractivity contribution is -0.917. The van der Waals surface area contributed by atoms with Gasteiger partial charge in [-0.15, -0.1) is 0 Å². The van der Waals surface area contributed by atoms with Gasteiger partial charge in [-0.3, -0.25) is 9.59 Å². The molecule has 7 heteroatoms. The summed E-state index contributed by atoms with van der Waals surface area (Å²) in [5.74, 6) is -0.773. The Morgan fingerprint density at radius 2 is 1.57 bits per heavy atom. The van der Waals surface area contributed by atoms with Gasteiger partial charge in [-0.25, -0.2) is 4.90 Å². The van der Waals surface area contributed by atoms with E-state index in [4.69, 9.17) is 11.6 Å². The highest BCUT2D eigenvalue weighted by molar-refractivity contribution is 14.1. The maximum absolute atomic E-state index is 13.0. The van der Waals surface area contributed by atoms with Crippen LogP contribution in [-0.4, -0.2) is 42.9 Å². The molecule has 0 aromatic heterocycles. The molecular formula is C21H20ClIN3O2+. The number of quaternary nitrogens is 1. The van der Waals surface area contributed by atoms with Crippen LogP contribution in [-0.2, 0) is 16.1 Å². The molecule has 5 nitrogen and oxygen atoms in total. The van der Waals surface area contributed by atoms with Crippen LogP contribution < -0.4 is 9.80 Å². The number of piperazine rings is 1. The zero-order valence-corrected chi connectivity index (χ0v) is 18.1. The molecule has 2 aromatic rings. The first-order chi connectivity index (χ1) is 13.5. The number of anilines is 1. The first-order valence-corrected chi connectivity index (χ1v) is 10.7. The normalized spacial score (nSPS) is 18.4. The number of nitrogens with zero attached hydrogens (tertiary/aromatic N) is 2. The van der Waals surface area contributed by atoms with Crippen molar-refractivity contribution in [3.8, 4) is 0 Å². The Morgan fingerprint density at radius 1 is 0.929 bits per heavy atom. The van der Waals surface area contributed by atoms with E-state index in [9.17, 15) is 9.59 Å². The molecule has 0 aliphatic carbocycles. The molecule has 0 unspecified atom stereocenters.